The highest BCUT2D eigenvalue weighted by Gasteiger charge is 2.66. The lowest BCUT2D eigenvalue weighted by Gasteiger charge is -2.26. The predicted octanol–water partition coefficient (Wildman–Crippen LogP) is 3.60. The van der Waals surface area contributed by atoms with Crippen LogP contribution in [0.5, 0.6) is 0 Å². The van der Waals surface area contributed by atoms with Gasteiger partial charge in [-0.1, -0.05) is 39.0 Å². The Balaban J connectivity index is 0.000000887. The molecule has 0 saturated heterocycles. The zero-order valence-electron chi connectivity index (χ0n) is 15.4. The number of benzene rings is 1. The summed E-state index contributed by atoms with van der Waals surface area (Å²) in [6, 6.07) is 5.79. The molecule has 0 amide bonds. The maximum absolute atomic E-state index is 13.1. The average Bonchev–Trinajstić information content (AvgIpc) is 2.60. The maximum atomic E-state index is 13.1. The smallest absolute Gasteiger partial charge is 0.432 e. The van der Waals surface area contributed by atoms with Gasteiger partial charge in [0.15, 0.2) is 0 Å². The second-order valence-electron chi connectivity index (χ2n) is 5.35. The highest BCUT2D eigenvalue weighted by Crippen LogP contribution is 2.38. The van der Waals surface area contributed by atoms with Crippen molar-refractivity contribution in [3.8, 4) is 0 Å². The van der Waals surface area contributed by atoms with E-state index in [1.54, 1.807) is 0 Å². The molecule has 1 aromatic rings. The Bertz CT molecular complexity index is 700. The summed E-state index contributed by atoms with van der Waals surface area (Å²) >= 11 is 0. The third kappa shape index (κ3) is 7.68. The normalized spacial score (nSPS) is 13.5. The molecular weight excluding hydrogens is 413 g/mol. The van der Waals surface area contributed by atoms with E-state index < -0.39 is 39.2 Å². The fraction of sp³-hybridized carbons (Fsp3) is 0.562. The van der Waals surface area contributed by atoms with Crippen molar-refractivity contribution < 1.29 is 44.5 Å². The van der Waals surface area contributed by atoms with Crippen molar-refractivity contribution in [2.24, 2.45) is 0 Å². The Morgan fingerprint density at radius 2 is 1.46 bits per heavy atom. The molecular formula is C16H22F5NO5S. The minimum Gasteiger partial charge on any atom is -0.441 e. The number of hydrogen-bond acceptors (Lipinski definition) is 5. The van der Waals surface area contributed by atoms with Crippen LogP contribution in [0.25, 0.3) is 0 Å². The molecule has 1 rings (SSSR count). The SMILES string of the molecule is CCN(CC)CC.O=C(OC(C(F)(F)F)C(F)(F)S(=O)(=O)O)c1ccccc1. The van der Waals surface area contributed by atoms with Gasteiger partial charge >= 0.3 is 27.5 Å². The fourth-order valence-electron chi connectivity index (χ4n) is 1.88. The van der Waals surface area contributed by atoms with E-state index in [-0.39, 0.29) is 0 Å². The van der Waals surface area contributed by atoms with Crippen LogP contribution in [0.15, 0.2) is 30.3 Å². The van der Waals surface area contributed by atoms with Crippen molar-refractivity contribution >= 4 is 16.1 Å². The van der Waals surface area contributed by atoms with Gasteiger partial charge < -0.3 is 9.64 Å². The molecule has 0 fully saturated rings. The molecule has 0 bridgehead atoms. The van der Waals surface area contributed by atoms with Crippen molar-refractivity contribution in [3.05, 3.63) is 35.9 Å². The largest absolute Gasteiger partial charge is 0.441 e. The number of alkyl halides is 5. The van der Waals surface area contributed by atoms with Crippen LogP contribution in [0.3, 0.4) is 0 Å². The molecule has 28 heavy (non-hydrogen) atoms. The van der Waals surface area contributed by atoms with Crippen LogP contribution < -0.4 is 0 Å². The Hall–Kier alpha value is -1.79. The van der Waals surface area contributed by atoms with E-state index in [1.807, 2.05) is 0 Å². The number of rotatable bonds is 7. The van der Waals surface area contributed by atoms with Gasteiger partial charge in [-0.2, -0.15) is 30.4 Å². The first-order valence-corrected chi connectivity index (χ1v) is 9.56. The van der Waals surface area contributed by atoms with Gasteiger partial charge in [0, 0.05) is 0 Å². The Labute approximate surface area is 160 Å². The number of carbonyl (C=O) groups excluding carboxylic acids is 1. The molecule has 1 atom stereocenters. The summed E-state index contributed by atoms with van der Waals surface area (Å²) in [5.41, 5.74) is -0.502. The molecule has 0 aliphatic heterocycles. The monoisotopic (exact) mass is 435 g/mol. The van der Waals surface area contributed by atoms with Crippen molar-refractivity contribution in [2.75, 3.05) is 19.6 Å². The Morgan fingerprint density at radius 1 is 1.04 bits per heavy atom. The fourth-order valence-corrected chi connectivity index (χ4v) is 2.33. The van der Waals surface area contributed by atoms with Gasteiger partial charge in [0.1, 0.15) is 0 Å². The van der Waals surface area contributed by atoms with Crippen LogP contribution in [-0.2, 0) is 14.9 Å². The topological polar surface area (TPSA) is 83.9 Å². The third-order valence-corrected chi connectivity index (χ3v) is 4.42. The molecule has 0 heterocycles. The number of nitrogens with zero attached hydrogens (tertiary/aromatic N) is 1. The van der Waals surface area contributed by atoms with Crippen molar-refractivity contribution in [1.29, 1.82) is 0 Å². The number of ether oxygens (including phenoxy) is 1. The molecule has 0 radical (unpaired) electrons. The summed E-state index contributed by atoms with van der Waals surface area (Å²) in [4.78, 5) is 13.7. The molecule has 0 spiro atoms. The van der Waals surface area contributed by atoms with Gasteiger partial charge in [-0.15, -0.1) is 0 Å². The molecule has 1 N–H and O–H groups in total. The minimum absolute atomic E-state index is 0.502. The molecule has 162 valence electrons. The van der Waals surface area contributed by atoms with Crippen molar-refractivity contribution in [3.63, 3.8) is 0 Å². The van der Waals surface area contributed by atoms with Gasteiger partial charge in [-0.3, -0.25) is 4.55 Å². The lowest BCUT2D eigenvalue weighted by atomic mass is 10.2. The van der Waals surface area contributed by atoms with Crippen LogP contribution in [0, 0.1) is 0 Å². The third-order valence-electron chi connectivity index (χ3n) is 3.52. The number of halogens is 5. The first-order chi connectivity index (χ1) is 12.7. The summed E-state index contributed by atoms with van der Waals surface area (Å²) < 4.78 is 96.2. The first-order valence-electron chi connectivity index (χ1n) is 8.12. The van der Waals surface area contributed by atoms with Crippen LogP contribution in [-0.4, -0.2) is 61.0 Å². The molecule has 0 saturated carbocycles. The van der Waals surface area contributed by atoms with Crippen LogP contribution in [0.2, 0.25) is 0 Å². The van der Waals surface area contributed by atoms with E-state index in [1.165, 1.54) is 37.8 Å². The number of hydrogen-bond donors (Lipinski definition) is 1. The van der Waals surface area contributed by atoms with Crippen LogP contribution in [0.4, 0.5) is 22.0 Å². The second-order valence-corrected chi connectivity index (χ2v) is 6.84. The lowest BCUT2D eigenvalue weighted by Crippen LogP contribution is -2.52. The van der Waals surface area contributed by atoms with Gasteiger partial charge in [0.2, 0.25) is 0 Å². The van der Waals surface area contributed by atoms with Crippen LogP contribution in [0.1, 0.15) is 31.1 Å². The van der Waals surface area contributed by atoms with Crippen molar-refractivity contribution in [1.82, 2.24) is 4.90 Å². The van der Waals surface area contributed by atoms with Crippen molar-refractivity contribution in [2.45, 2.75) is 38.3 Å². The predicted molar refractivity (Wildman–Crippen MR) is 91.7 cm³/mol. The van der Waals surface area contributed by atoms with E-state index in [2.05, 4.69) is 30.4 Å². The van der Waals surface area contributed by atoms with E-state index >= 15 is 0 Å². The summed E-state index contributed by atoms with van der Waals surface area (Å²) in [6.07, 6.45) is -10.3. The molecule has 0 aromatic heterocycles. The standard InChI is InChI=1S/C10H7F5O5S.C6H15N/c11-9(12,13)8(10(14,15)21(17,18)19)20-7(16)6-4-2-1-3-5-6;1-4-7(5-2)6-3/h1-5,8H,(H,17,18,19);4-6H2,1-3H3. The second kappa shape index (κ2) is 10.7. The molecule has 12 heteroatoms. The van der Waals surface area contributed by atoms with Crippen LogP contribution >= 0.6 is 0 Å². The quantitative estimate of drug-likeness (QED) is 0.400. The van der Waals surface area contributed by atoms with Gasteiger partial charge in [0.05, 0.1) is 5.56 Å². The molecule has 0 aliphatic rings. The van der Waals surface area contributed by atoms with Gasteiger partial charge in [-0.05, 0) is 31.8 Å². The zero-order chi connectivity index (χ0) is 22.2. The number of carbonyl (C=O) groups is 1. The summed E-state index contributed by atoms with van der Waals surface area (Å²) in [5.74, 6) is -1.82. The lowest BCUT2D eigenvalue weighted by molar-refractivity contribution is -0.248. The number of esters is 1. The van der Waals surface area contributed by atoms with Gasteiger partial charge in [-0.25, -0.2) is 4.79 Å². The maximum Gasteiger partial charge on any atom is 0.432 e. The molecule has 0 aliphatic carbocycles. The Morgan fingerprint density at radius 3 is 1.75 bits per heavy atom. The Kier molecular flexibility index (Phi) is 9.99. The zero-order valence-corrected chi connectivity index (χ0v) is 16.2. The minimum atomic E-state index is -6.44. The molecule has 1 aromatic carbocycles. The summed E-state index contributed by atoms with van der Waals surface area (Å²) in [6.45, 7) is 10.1. The highest BCUT2D eigenvalue weighted by molar-refractivity contribution is 7.86. The van der Waals surface area contributed by atoms with E-state index in [4.69, 9.17) is 4.55 Å². The van der Waals surface area contributed by atoms with Gasteiger partial charge in [0.25, 0.3) is 6.10 Å². The molecule has 6 nitrogen and oxygen atoms in total. The summed E-state index contributed by atoms with van der Waals surface area (Å²) in [7, 11) is -6.44. The average molecular weight is 435 g/mol. The first kappa shape index (κ1) is 26.2. The highest BCUT2D eigenvalue weighted by atomic mass is 32.2. The van der Waals surface area contributed by atoms with E-state index in [9.17, 15) is 35.2 Å². The van der Waals surface area contributed by atoms with E-state index in [0.29, 0.717) is 0 Å². The summed E-state index contributed by atoms with van der Waals surface area (Å²) in [5, 5.41) is -5.74. The van der Waals surface area contributed by atoms with E-state index in [0.717, 1.165) is 12.1 Å². The molecule has 1 unspecified atom stereocenters.